The van der Waals surface area contributed by atoms with Crippen molar-refractivity contribution >= 4 is 39.9 Å². The Bertz CT molecular complexity index is 1070. The van der Waals surface area contributed by atoms with Gasteiger partial charge >= 0.3 is 5.76 Å². The average molecular weight is 353 g/mol. The Morgan fingerprint density at radius 1 is 1.04 bits per heavy atom. The highest BCUT2D eigenvalue weighted by Crippen LogP contribution is 2.24. The van der Waals surface area contributed by atoms with Gasteiger partial charge in [-0.2, -0.15) is 0 Å². The van der Waals surface area contributed by atoms with Crippen molar-refractivity contribution in [3.05, 3.63) is 77.5 Å². The van der Waals surface area contributed by atoms with Crippen molar-refractivity contribution in [3.8, 4) is 5.69 Å². The molecule has 2 aromatic carbocycles. The van der Waals surface area contributed by atoms with Gasteiger partial charge in [0.05, 0.1) is 26.0 Å². The maximum Gasteiger partial charge on any atom is 0.426 e. The predicted molar refractivity (Wildman–Crippen MR) is 84.8 cm³/mol. The molecule has 0 aliphatic heterocycles. The molecule has 0 saturated heterocycles. The first-order valence-electron chi connectivity index (χ1n) is 6.18. The van der Waals surface area contributed by atoms with Gasteiger partial charge in [-0.25, -0.2) is 9.36 Å². The standard InChI is InChI=1S/C14H6Cl2N2O5/c15-10-3-1-7(6-11(10)16)17-13(19)9-5-8(18(21)22)2-4-12(9)23-14(17)20/h1-6H. The highest BCUT2D eigenvalue weighted by atomic mass is 35.5. The van der Waals surface area contributed by atoms with E-state index in [1.165, 1.54) is 24.3 Å². The van der Waals surface area contributed by atoms with Crippen LogP contribution in [0.2, 0.25) is 10.0 Å². The summed E-state index contributed by atoms with van der Waals surface area (Å²) in [6.07, 6.45) is 0. The molecule has 116 valence electrons. The third-order valence-electron chi connectivity index (χ3n) is 3.15. The van der Waals surface area contributed by atoms with Gasteiger partial charge in [-0.15, -0.1) is 0 Å². The van der Waals surface area contributed by atoms with Gasteiger partial charge in [-0.3, -0.25) is 14.9 Å². The molecule has 3 aromatic rings. The van der Waals surface area contributed by atoms with Crippen LogP contribution in [0.5, 0.6) is 0 Å². The summed E-state index contributed by atoms with van der Waals surface area (Å²) in [4.78, 5) is 34.8. The first-order valence-corrected chi connectivity index (χ1v) is 6.94. The molecule has 0 fully saturated rings. The summed E-state index contributed by atoms with van der Waals surface area (Å²) in [6.45, 7) is 0. The third-order valence-corrected chi connectivity index (χ3v) is 3.89. The van der Waals surface area contributed by atoms with Crippen LogP contribution < -0.4 is 11.3 Å². The van der Waals surface area contributed by atoms with E-state index in [1.54, 1.807) is 0 Å². The molecule has 0 amide bonds. The minimum absolute atomic E-state index is 0.0399. The number of benzene rings is 2. The Labute approximate surface area is 137 Å². The summed E-state index contributed by atoms with van der Waals surface area (Å²) in [5.74, 6) is -0.935. The van der Waals surface area contributed by atoms with E-state index in [0.29, 0.717) is 0 Å². The maximum absolute atomic E-state index is 12.5. The Balaban J connectivity index is 2.36. The SMILES string of the molecule is O=c1oc2ccc([N+](=O)[O-])cc2c(=O)n1-c1ccc(Cl)c(Cl)c1. The highest BCUT2D eigenvalue weighted by Gasteiger charge is 2.15. The number of fused-ring (bicyclic) bond motifs is 1. The van der Waals surface area contributed by atoms with Crippen molar-refractivity contribution in [2.24, 2.45) is 0 Å². The first-order chi connectivity index (χ1) is 10.9. The zero-order valence-corrected chi connectivity index (χ0v) is 12.7. The van der Waals surface area contributed by atoms with E-state index in [1.807, 2.05) is 0 Å². The van der Waals surface area contributed by atoms with Crippen molar-refractivity contribution in [1.82, 2.24) is 4.57 Å². The minimum Gasteiger partial charge on any atom is -0.409 e. The summed E-state index contributed by atoms with van der Waals surface area (Å²) in [6, 6.07) is 7.56. The number of non-ortho nitro benzene ring substituents is 1. The quantitative estimate of drug-likeness (QED) is 0.521. The summed E-state index contributed by atoms with van der Waals surface area (Å²) in [5.41, 5.74) is -0.934. The zero-order chi connectivity index (χ0) is 16.7. The molecule has 0 N–H and O–H groups in total. The van der Waals surface area contributed by atoms with Gasteiger partial charge in [0.25, 0.3) is 11.2 Å². The van der Waals surface area contributed by atoms with Gasteiger partial charge in [-0.05, 0) is 24.3 Å². The van der Waals surface area contributed by atoms with Crippen LogP contribution in [0.3, 0.4) is 0 Å². The van der Waals surface area contributed by atoms with Crippen molar-refractivity contribution in [2.75, 3.05) is 0 Å². The number of rotatable bonds is 2. The summed E-state index contributed by atoms with van der Waals surface area (Å²) in [5, 5.41) is 11.1. The molecule has 1 heterocycles. The summed E-state index contributed by atoms with van der Waals surface area (Å²) in [7, 11) is 0. The van der Waals surface area contributed by atoms with E-state index in [2.05, 4.69) is 0 Å². The van der Waals surface area contributed by atoms with Crippen LogP contribution in [0, 0.1) is 10.1 Å². The fraction of sp³-hybridized carbons (Fsp3) is 0. The van der Waals surface area contributed by atoms with Gasteiger partial charge < -0.3 is 4.42 Å². The van der Waals surface area contributed by atoms with E-state index in [9.17, 15) is 19.7 Å². The molecule has 9 heteroatoms. The van der Waals surface area contributed by atoms with Crippen molar-refractivity contribution < 1.29 is 9.34 Å². The molecular formula is C14H6Cl2N2O5. The van der Waals surface area contributed by atoms with E-state index in [-0.39, 0.29) is 32.4 Å². The number of halogens is 2. The molecular weight excluding hydrogens is 347 g/mol. The second-order valence-corrected chi connectivity index (χ2v) is 5.36. The van der Waals surface area contributed by atoms with Gasteiger partial charge in [0.1, 0.15) is 5.58 Å². The molecule has 7 nitrogen and oxygen atoms in total. The van der Waals surface area contributed by atoms with Crippen molar-refractivity contribution in [3.63, 3.8) is 0 Å². The van der Waals surface area contributed by atoms with Crippen LogP contribution in [0.25, 0.3) is 16.7 Å². The van der Waals surface area contributed by atoms with E-state index in [4.69, 9.17) is 27.6 Å². The van der Waals surface area contributed by atoms with E-state index in [0.717, 1.165) is 16.7 Å². The van der Waals surface area contributed by atoms with E-state index >= 15 is 0 Å². The number of hydrogen-bond donors (Lipinski definition) is 0. The smallest absolute Gasteiger partial charge is 0.409 e. The Hall–Kier alpha value is -2.64. The largest absolute Gasteiger partial charge is 0.426 e. The third kappa shape index (κ3) is 2.60. The minimum atomic E-state index is -0.935. The lowest BCUT2D eigenvalue weighted by molar-refractivity contribution is -0.384. The molecule has 0 aliphatic carbocycles. The predicted octanol–water partition coefficient (Wildman–Crippen LogP) is 3.16. The Kier molecular flexibility index (Phi) is 3.67. The monoisotopic (exact) mass is 352 g/mol. The lowest BCUT2D eigenvalue weighted by Crippen LogP contribution is -2.30. The summed E-state index contributed by atoms with van der Waals surface area (Å²) >= 11 is 11.7. The number of nitro groups is 1. The van der Waals surface area contributed by atoms with Gasteiger partial charge in [0.15, 0.2) is 0 Å². The molecule has 0 bridgehead atoms. The molecule has 1 aromatic heterocycles. The van der Waals surface area contributed by atoms with Crippen molar-refractivity contribution in [2.45, 2.75) is 0 Å². The lowest BCUT2D eigenvalue weighted by atomic mass is 10.2. The molecule has 23 heavy (non-hydrogen) atoms. The Morgan fingerprint density at radius 2 is 1.78 bits per heavy atom. The second kappa shape index (κ2) is 5.53. The molecule has 0 aliphatic rings. The number of hydrogen-bond acceptors (Lipinski definition) is 5. The normalized spacial score (nSPS) is 10.9. The van der Waals surface area contributed by atoms with Crippen LogP contribution in [-0.4, -0.2) is 9.49 Å². The topological polar surface area (TPSA) is 95.3 Å². The van der Waals surface area contributed by atoms with E-state index < -0.39 is 16.2 Å². The van der Waals surface area contributed by atoms with Gasteiger partial charge in [0, 0.05) is 12.1 Å². The molecule has 0 spiro atoms. The molecule has 0 saturated carbocycles. The molecule has 0 radical (unpaired) electrons. The average Bonchev–Trinajstić information content (AvgIpc) is 2.50. The van der Waals surface area contributed by atoms with Gasteiger partial charge in [0.2, 0.25) is 0 Å². The fourth-order valence-electron chi connectivity index (χ4n) is 2.08. The number of nitrogens with zero attached hydrogens (tertiary/aromatic N) is 2. The maximum atomic E-state index is 12.5. The first kappa shape index (κ1) is 15.3. The highest BCUT2D eigenvalue weighted by molar-refractivity contribution is 6.42. The van der Waals surface area contributed by atoms with Crippen LogP contribution in [0.4, 0.5) is 5.69 Å². The fourth-order valence-corrected chi connectivity index (χ4v) is 2.37. The number of aromatic nitrogens is 1. The summed E-state index contributed by atoms with van der Waals surface area (Å²) < 4.78 is 5.77. The second-order valence-electron chi connectivity index (χ2n) is 4.54. The van der Waals surface area contributed by atoms with Crippen LogP contribution in [0.15, 0.2) is 50.4 Å². The molecule has 3 rings (SSSR count). The number of nitro benzene ring substituents is 1. The molecule has 0 unspecified atom stereocenters. The van der Waals surface area contributed by atoms with Crippen LogP contribution in [-0.2, 0) is 0 Å². The molecule has 0 atom stereocenters. The van der Waals surface area contributed by atoms with Crippen molar-refractivity contribution in [1.29, 1.82) is 0 Å². The zero-order valence-electron chi connectivity index (χ0n) is 11.2. The lowest BCUT2D eigenvalue weighted by Gasteiger charge is -2.06. The van der Waals surface area contributed by atoms with Crippen LogP contribution in [0.1, 0.15) is 0 Å². The van der Waals surface area contributed by atoms with Gasteiger partial charge in [-0.1, -0.05) is 23.2 Å². The van der Waals surface area contributed by atoms with Crippen LogP contribution >= 0.6 is 23.2 Å². The Morgan fingerprint density at radius 3 is 2.43 bits per heavy atom.